The molecule has 11 aromatic rings. The van der Waals surface area contributed by atoms with E-state index in [9.17, 15) is 0 Å². The first kappa shape index (κ1) is 43.4. The summed E-state index contributed by atoms with van der Waals surface area (Å²) in [6.07, 6.45) is 0. The fourth-order valence-corrected chi connectivity index (χ4v) is 14.6. The van der Waals surface area contributed by atoms with Gasteiger partial charge in [0.1, 0.15) is 17.2 Å². The van der Waals surface area contributed by atoms with E-state index in [2.05, 4.69) is 259 Å². The molecule has 3 nitrogen and oxygen atoms in total. The average molecular weight is 972 g/mol. The minimum absolute atomic E-state index is 0.0783. The lowest BCUT2D eigenvalue weighted by atomic mass is 9.64. The number of rotatable bonds is 3. The Balaban J connectivity index is 1.06. The average Bonchev–Trinajstić information content (AvgIpc) is 4.14. The highest BCUT2D eigenvalue weighted by Gasteiger charge is 2.54. The van der Waals surface area contributed by atoms with Crippen LogP contribution in [-0.4, -0.2) is 0 Å². The normalized spacial score (nSPS) is 14.8. The van der Waals surface area contributed by atoms with Gasteiger partial charge in [-0.2, -0.15) is 0 Å². The van der Waals surface area contributed by atoms with Crippen molar-refractivity contribution in [2.45, 2.75) is 63.2 Å². The number of hydrogen-bond donors (Lipinski definition) is 0. The Bertz CT molecular complexity index is 4090. The topological polar surface area (TPSA) is 21.7 Å². The molecule has 15 rings (SSSR count). The Morgan fingerprint density at radius 3 is 1.50 bits per heavy atom. The van der Waals surface area contributed by atoms with E-state index in [-0.39, 0.29) is 10.8 Å². The van der Waals surface area contributed by atoms with E-state index in [1.54, 1.807) is 0 Å². The molecule has 0 amide bonds. The van der Waals surface area contributed by atoms with Gasteiger partial charge in [0.15, 0.2) is 5.75 Å². The van der Waals surface area contributed by atoms with E-state index in [0.717, 1.165) is 62.3 Å². The number of ether oxygens (including phenoxy) is 2. The number of hydrogen-bond acceptors (Lipinski definition) is 4. The molecule has 0 bridgehead atoms. The summed E-state index contributed by atoms with van der Waals surface area (Å²) in [4.78, 5) is 2.49. The Labute approximate surface area is 437 Å². The summed E-state index contributed by atoms with van der Waals surface area (Å²) in [7, 11) is 0. The van der Waals surface area contributed by atoms with Crippen molar-refractivity contribution in [2.24, 2.45) is 0 Å². The van der Waals surface area contributed by atoms with Crippen molar-refractivity contribution in [3.8, 4) is 45.3 Å². The maximum atomic E-state index is 7.60. The molecule has 2 aliphatic carbocycles. The summed E-state index contributed by atoms with van der Waals surface area (Å²) < 4.78 is 17.1. The van der Waals surface area contributed by atoms with E-state index < -0.39 is 10.8 Å². The first-order valence-corrected chi connectivity index (χ1v) is 26.8. The van der Waals surface area contributed by atoms with Crippen LogP contribution in [0.25, 0.3) is 42.4 Å². The van der Waals surface area contributed by atoms with Crippen LogP contribution < -0.4 is 14.4 Å². The summed E-state index contributed by atoms with van der Waals surface area (Å²) in [5.41, 5.74) is 18.9. The van der Waals surface area contributed by atoms with Gasteiger partial charge in [0.05, 0.1) is 26.9 Å². The third kappa shape index (κ3) is 5.72. The van der Waals surface area contributed by atoms with Crippen molar-refractivity contribution in [3.63, 3.8) is 0 Å². The van der Waals surface area contributed by atoms with Crippen LogP contribution in [0.2, 0.25) is 0 Å². The molecule has 0 fully saturated rings. The second kappa shape index (κ2) is 15.2. The lowest BCUT2D eigenvalue weighted by molar-refractivity contribution is 0.436. The Hall–Kier alpha value is -8.18. The largest absolute Gasteiger partial charge is 0.457 e. The van der Waals surface area contributed by atoms with Crippen molar-refractivity contribution in [3.05, 3.63) is 268 Å². The third-order valence-electron chi connectivity index (χ3n) is 16.7. The first-order valence-electron chi connectivity index (χ1n) is 26.0. The van der Waals surface area contributed by atoms with Crippen LogP contribution in [0.3, 0.4) is 0 Å². The van der Waals surface area contributed by atoms with Gasteiger partial charge >= 0.3 is 0 Å². The van der Waals surface area contributed by atoms with Crippen LogP contribution in [0.1, 0.15) is 97.2 Å². The Morgan fingerprint density at radius 1 is 0.365 bits per heavy atom. The van der Waals surface area contributed by atoms with Gasteiger partial charge in [0, 0.05) is 43.4 Å². The fourth-order valence-electron chi connectivity index (χ4n) is 13.4. The molecular formula is C70H53NO2S. The number of anilines is 3. The quantitative estimate of drug-likeness (QED) is 0.176. The van der Waals surface area contributed by atoms with E-state index >= 15 is 0 Å². The van der Waals surface area contributed by atoms with Gasteiger partial charge in [0.2, 0.25) is 0 Å². The van der Waals surface area contributed by atoms with Crippen LogP contribution in [-0.2, 0) is 21.7 Å². The number of para-hydroxylation sites is 3. The molecule has 10 aromatic carbocycles. The standard InChI is InChI=1S/C70H53NO2S/c1-67(2,3)42-33-36-47-48-37-34-43(68(4,5)6)40-57(48)70(56(47)39-42)54-26-13-15-31-62(54)73-65-55(70)27-18-28-59(65)71(60-29-17-22-50-49-21-9-16-32-64(49)74-66(50)60)44-35-38-63-58(41-44)69(53-25-12-14-30-61(53)72-63)51-23-10-7-19-45(51)46-20-8-11-24-52(46)69/h7-41H,1-6H3. The maximum absolute atomic E-state index is 7.60. The van der Waals surface area contributed by atoms with Crippen molar-refractivity contribution in [2.75, 3.05) is 4.90 Å². The van der Waals surface area contributed by atoms with Gasteiger partial charge in [-0.1, -0.05) is 205 Å². The minimum Gasteiger partial charge on any atom is -0.457 e. The molecule has 0 saturated heterocycles. The van der Waals surface area contributed by atoms with Crippen molar-refractivity contribution in [1.29, 1.82) is 0 Å². The van der Waals surface area contributed by atoms with Gasteiger partial charge in [-0.15, -0.1) is 11.3 Å². The van der Waals surface area contributed by atoms with Crippen LogP contribution in [0, 0.1) is 0 Å². The van der Waals surface area contributed by atoms with Crippen LogP contribution in [0.5, 0.6) is 23.0 Å². The molecule has 2 spiro atoms. The predicted octanol–water partition coefficient (Wildman–Crippen LogP) is 19.1. The third-order valence-corrected chi connectivity index (χ3v) is 17.9. The second-order valence-corrected chi connectivity index (χ2v) is 23.8. The van der Waals surface area contributed by atoms with Gasteiger partial charge in [0.25, 0.3) is 0 Å². The van der Waals surface area contributed by atoms with Gasteiger partial charge in [-0.3, -0.25) is 0 Å². The Morgan fingerprint density at radius 2 is 0.851 bits per heavy atom. The van der Waals surface area contributed by atoms with Crippen LogP contribution in [0.4, 0.5) is 17.1 Å². The molecule has 0 N–H and O–H groups in total. The fraction of sp³-hybridized carbons (Fsp3) is 0.143. The first-order chi connectivity index (χ1) is 36.0. The van der Waals surface area contributed by atoms with Crippen molar-refractivity contribution >= 4 is 48.6 Å². The zero-order valence-corrected chi connectivity index (χ0v) is 43.2. The number of thiophene rings is 1. The summed E-state index contributed by atoms with van der Waals surface area (Å²) in [6, 6.07) is 79.3. The molecule has 356 valence electrons. The summed E-state index contributed by atoms with van der Waals surface area (Å²) in [5.74, 6) is 3.43. The van der Waals surface area contributed by atoms with E-state index in [1.165, 1.54) is 75.8 Å². The summed E-state index contributed by atoms with van der Waals surface area (Å²) >= 11 is 1.85. The smallest absolute Gasteiger partial charge is 0.156 e. The Kier molecular flexibility index (Phi) is 8.91. The van der Waals surface area contributed by atoms with E-state index in [0.29, 0.717) is 0 Å². The van der Waals surface area contributed by atoms with Crippen molar-refractivity contribution in [1.82, 2.24) is 0 Å². The van der Waals surface area contributed by atoms with Crippen LogP contribution in [0.15, 0.2) is 212 Å². The van der Waals surface area contributed by atoms with E-state index in [4.69, 9.17) is 9.47 Å². The molecule has 0 unspecified atom stereocenters. The second-order valence-electron chi connectivity index (χ2n) is 22.7. The van der Waals surface area contributed by atoms with E-state index in [1.807, 2.05) is 11.3 Å². The van der Waals surface area contributed by atoms with Crippen LogP contribution >= 0.6 is 11.3 Å². The molecular weight excluding hydrogens is 919 g/mol. The molecule has 3 heterocycles. The molecule has 0 radical (unpaired) electrons. The van der Waals surface area contributed by atoms with Crippen molar-refractivity contribution < 1.29 is 9.47 Å². The molecule has 74 heavy (non-hydrogen) atoms. The SMILES string of the molecule is CC(C)(C)c1ccc2c(c1)C1(c3ccccc3Oc3c(N(c4ccc5c(c4)C4(c6ccccc6O5)c5ccccc5-c5ccccc54)c4cccc5c4sc4ccccc45)cccc31)c1cc(C(C)(C)C)ccc1-2. The number of benzene rings is 10. The highest BCUT2D eigenvalue weighted by atomic mass is 32.1. The summed E-state index contributed by atoms with van der Waals surface area (Å²) in [6.45, 7) is 14.0. The highest BCUT2D eigenvalue weighted by molar-refractivity contribution is 7.26. The van der Waals surface area contributed by atoms with Gasteiger partial charge < -0.3 is 14.4 Å². The molecule has 0 atom stereocenters. The molecule has 1 aromatic heterocycles. The van der Waals surface area contributed by atoms with Gasteiger partial charge in [-0.05, 0) is 115 Å². The number of fused-ring (bicyclic) bond motifs is 21. The lowest BCUT2D eigenvalue weighted by Crippen LogP contribution is -2.33. The molecule has 0 saturated carbocycles. The lowest BCUT2D eigenvalue weighted by Gasteiger charge is -2.42. The summed E-state index contributed by atoms with van der Waals surface area (Å²) in [5, 5.41) is 2.49. The number of nitrogens with zero attached hydrogens (tertiary/aromatic N) is 1. The zero-order valence-electron chi connectivity index (χ0n) is 42.4. The van der Waals surface area contributed by atoms with Gasteiger partial charge in [-0.25, -0.2) is 0 Å². The predicted molar refractivity (Wildman–Crippen MR) is 306 cm³/mol. The highest BCUT2D eigenvalue weighted by Crippen LogP contribution is 2.66. The maximum Gasteiger partial charge on any atom is 0.156 e. The molecule has 4 heteroatoms. The minimum atomic E-state index is -0.697. The monoisotopic (exact) mass is 971 g/mol. The molecule has 4 aliphatic rings. The zero-order chi connectivity index (χ0) is 49.9. The molecule has 2 aliphatic heterocycles.